The number of esters is 2. The van der Waals surface area contributed by atoms with Crippen LogP contribution in [0.2, 0.25) is 0 Å². The lowest BCUT2D eigenvalue weighted by molar-refractivity contribution is -0.140. The first-order chi connectivity index (χ1) is 16.1. The van der Waals surface area contributed by atoms with Gasteiger partial charge < -0.3 is 14.6 Å². The average Bonchev–Trinajstić information content (AvgIpc) is 2.83. The molecule has 0 amide bonds. The zero-order chi connectivity index (χ0) is 24.2. The second kappa shape index (κ2) is 18.6. The van der Waals surface area contributed by atoms with Gasteiger partial charge in [0.05, 0.1) is 18.8 Å². The van der Waals surface area contributed by atoms with Crippen LogP contribution in [-0.2, 0) is 14.3 Å². The predicted molar refractivity (Wildman–Crippen MR) is 133 cm³/mol. The van der Waals surface area contributed by atoms with Crippen LogP contribution < -0.4 is 0 Å². The maximum atomic E-state index is 12.4. The molecule has 0 aliphatic rings. The van der Waals surface area contributed by atoms with E-state index in [1.165, 1.54) is 26.4 Å². The summed E-state index contributed by atoms with van der Waals surface area (Å²) in [5, 5.41) is 9.98. The molecule has 0 aliphatic carbocycles. The third-order valence-electron chi connectivity index (χ3n) is 4.88. The Morgan fingerprint density at radius 1 is 0.970 bits per heavy atom. The second-order valence-corrected chi connectivity index (χ2v) is 7.70. The molecule has 2 atom stereocenters. The molecular formula is C28H38O5. The van der Waals surface area contributed by atoms with Crippen molar-refractivity contribution in [3.8, 4) is 0 Å². The monoisotopic (exact) mass is 454 g/mol. The van der Waals surface area contributed by atoms with Crippen LogP contribution >= 0.6 is 0 Å². The molecule has 0 fully saturated rings. The number of ether oxygens (including phenoxy) is 2. The lowest BCUT2D eigenvalue weighted by Crippen LogP contribution is -2.17. The van der Waals surface area contributed by atoms with Crippen LogP contribution in [0.15, 0.2) is 78.9 Å². The van der Waals surface area contributed by atoms with Crippen molar-refractivity contribution in [3.05, 3.63) is 84.5 Å². The van der Waals surface area contributed by atoms with Gasteiger partial charge >= 0.3 is 11.9 Å². The van der Waals surface area contributed by atoms with Crippen molar-refractivity contribution in [2.75, 3.05) is 7.11 Å². The molecule has 5 nitrogen and oxygen atoms in total. The summed E-state index contributed by atoms with van der Waals surface area (Å²) >= 11 is 0. The quantitative estimate of drug-likeness (QED) is 0.141. The molecular weight excluding hydrogens is 416 g/mol. The fourth-order valence-electron chi connectivity index (χ4n) is 2.98. The Morgan fingerprint density at radius 2 is 1.70 bits per heavy atom. The number of carbonyl (C=O) groups excluding carboxylic acids is 2. The first-order valence-electron chi connectivity index (χ1n) is 11.7. The average molecular weight is 455 g/mol. The molecule has 0 bridgehead atoms. The van der Waals surface area contributed by atoms with Crippen LogP contribution in [0, 0.1) is 0 Å². The van der Waals surface area contributed by atoms with Gasteiger partial charge in [-0.05, 0) is 50.3 Å². The van der Waals surface area contributed by atoms with E-state index in [0.29, 0.717) is 24.8 Å². The molecule has 1 rings (SSSR count). The van der Waals surface area contributed by atoms with Gasteiger partial charge in [0.1, 0.15) is 6.10 Å². The lowest BCUT2D eigenvalue weighted by Gasteiger charge is -2.14. The first kappa shape index (κ1) is 28.1. The van der Waals surface area contributed by atoms with Crippen molar-refractivity contribution in [2.24, 2.45) is 0 Å². The SMILES string of the molecule is CCCCC/C=C\C[C@@H](O)/C=C/C=C/C=C\[C@H](CCCC(=O)OC)OC(=O)c1ccccc1. The van der Waals surface area contributed by atoms with Crippen molar-refractivity contribution in [1.29, 1.82) is 0 Å². The Balaban J connectivity index is 2.52. The highest BCUT2D eigenvalue weighted by Gasteiger charge is 2.14. The molecule has 1 N–H and O–H groups in total. The maximum Gasteiger partial charge on any atom is 0.338 e. The highest BCUT2D eigenvalue weighted by atomic mass is 16.5. The first-order valence-corrected chi connectivity index (χ1v) is 11.7. The zero-order valence-electron chi connectivity index (χ0n) is 19.9. The lowest BCUT2D eigenvalue weighted by atomic mass is 10.1. The number of hydrogen-bond acceptors (Lipinski definition) is 5. The van der Waals surface area contributed by atoms with E-state index in [9.17, 15) is 14.7 Å². The number of methoxy groups -OCH3 is 1. The summed E-state index contributed by atoms with van der Waals surface area (Å²) < 4.78 is 10.3. The van der Waals surface area contributed by atoms with Crippen LogP contribution in [0.5, 0.6) is 0 Å². The minimum atomic E-state index is -0.515. The fraction of sp³-hybridized carbons (Fsp3) is 0.429. The molecule has 0 saturated heterocycles. The van der Waals surface area contributed by atoms with Crippen molar-refractivity contribution in [1.82, 2.24) is 0 Å². The van der Waals surface area contributed by atoms with E-state index in [0.717, 1.165) is 6.42 Å². The highest BCUT2D eigenvalue weighted by molar-refractivity contribution is 5.89. The third kappa shape index (κ3) is 14.7. The van der Waals surface area contributed by atoms with E-state index < -0.39 is 18.2 Å². The van der Waals surface area contributed by atoms with Crippen LogP contribution in [0.25, 0.3) is 0 Å². The molecule has 1 aromatic carbocycles. The van der Waals surface area contributed by atoms with Gasteiger partial charge in [-0.15, -0.1) is 0 Å². The number of hydrogen-bond donors (Lipinski definition) is 1. The van der Waals surface area contributed by atoms with Crippen molar-refractivity contribution in [3.63, 3.8) is 0 Å². The summed E-state index contributed by atoms with van der Waals surface area (Å²) in [5.41, 5.74) is 0.482. The van der Waals surface area contributed by atoms with Crippen LogP contribution in [0.3, 0.4) is 0 Å². The van der Waals surface area contributed by atoms with Crippen molar-refractivity contribution in [2.45, 2.75) is 70.5 Å². The van der Waals surface area contributed by atoms with E-state index in [2.05, 4.69) is 17.7 Å². The molecule has 5 heteroatoms. The van der Waals surface area contributed by atoms with Gasteiger partial charge in [0.25, 0.3) is 0 Å². The summed E-state index contributed by atoms with van der Waals surface area (Å²) in [5.74, 6) is -0.690. The molecule has 33 heavy (non-hydrogen) atoms. The van der Waals surface area contributed by atoms with Gasteiger partial charge in [-0.3, -0.25) is 4.79 Å². The molecule has 0 spiro atoms. The summed E-state index contributed by atoms with van der Waals surface area (Å²) in [6, 6.07) is 8.81. The molecule has 0 aromatic heterocycles. The summed E-state index contributed by atoms with van der Waals surface area (Å²) in [6.45, 7) is 2.18. The van der Waals surface area contributed by atoms with Crippen molar-refractivity contribution < 1.29 is 24.2 Å². The smallest absolute Gasteiger partial charge is 0.338 e. The number of aliphatic hydroxyl groups is 1. The van der Waals surface area contributed by atoms with E-state index in [1.807, 2.05) is 24.3 Å². The van der Waals surface area contributed by atoms with Gasteiger partial charge in [-0.2, -0.15) is 0 Å². The Labute approximate surface area is 198 Å². The van der Waals surface area contributed by atoms with E-state index in [4.69, 9.17) is 4.74 Å². The number of aliphatic hydroxyl groups excluding tert-OH is 1. The molecule has 1 aromatic rings. The number of unbranched alkanes of at least 4 members (excludes halogenated alkanes) is 3. The topological polar surface area (TPSA) is 72.8 Å². The molecule has 0 radical (unpaired) electrons. The summed E-state index contributed by atoms with van der Waals surface area (Å²) in [6.07, 6.45) is 20.6. The van der Waals surface area contributed by atoms with E-state index >= 15 is 0 Å². The largest absolute Gasteiger partial charge is 0.469 e. The standard InChI is InChI=1S/C28H38O5/c1-3-4-5-6-7-13-19-25(29)20-14-8-9-15-21-26(22-16-23-27(30)32-2)33-28(31)24-17-11-10-12-18-24/h7-15,17-18,20-21,25-26,29H,3-6,16,19,22-23H2,1-2H3/b9-8+,13-7-,20-14+,21-15-/t25-,26-/m1/s1. The predicted octanol–water partition coefficient (Wildman–Crippen LogP) is 6.11. The number of carbonyl (C=O) groups is 2. The molecule has 0 aliphatic heterocycles. The zero-order valence-corrected chi connectivity index (χ0v) is 19.9. The van der Waals surface area contributed by atoms with Crippen LogP contribution in [0.1, 0.15) is 68.6 Å². The van der Waals surface area contributed by atoms with Gasteiger partial charge in [0, 0.05) is 6.42 Å². The third-order valence-corrected chi connectivity index (χ3v) is 4.88. The fourth-order valence-corrected chi connectivity index (χ4v) is 2.98. The van der Waals surface area contributed by atoms with E-state index in [1.54, 1.807) is 48.6 Å². The number of allylic oxidation sites excluding steroid dienone is 5. The van der Waals surface area contributed by atoms with Gasteiger partial charge in [-0.1, -0.05) is 80.5 Å². The summed E-state index contributed by atoms with van der Waals surface area (Å²) in [7, 11) is 1.36. The Kier molecular flexibility index (Phi) is 15.9. The minimum absolute atomic E-state index is 0.271. The normalized spacial score (nSPS) is 13.8. The molecule has 0 saturated carbocycles. The number of rotatable bonds is 16. The van der Waals surface area contributed by atoms with Gasteiger partial charge in [0.15, 0.2) is 0 Å². The van der Waals surface area contributed by atoms with Crippen LogP contribution in [0.4, 0.5) is 0 Å². The maximum absolute atomic E-state index is 12.4. The molecule has 0 unspecified atom stereocenters. The van der Waals surface area contributed by atoms with Gasteiger partial charge in [0.2, 0.25) is 0 Å². The Morgan fingerprint density at radius 3 is 2.39 bits per heavy atom. The van der Waals surface area contributed by atoms with Gasteiger partial charge in [-0.25, -0.2) is 4.79 Å². The molecule has 180 valence electrons. The van der Waals surface area contributed by atoms with E-state index in [-0.39, 0.29) is 12.4 Å². The second-order valence-electron chi connectivity index (χ2n) is 7.70. The summed E-state index contributed by atoms with van der Waals surface area (Å²) in [4.78, 5) is 23.7. The minimum Gasteiger partial charge on any atom is -0.469 e. The van der Waals surface area contributed by atoms with Crippen molar-refractivity contribution >= 4 is 11.9 Å². The molecule has 0 heterocycles. The highest BCUT2D eigenvalue weighted by Crippen LogP contribution is 2.11. The number of benzene rings is 1. The Hall–Kier alpha value is -2.92. The Bertz CT molecular complexity index is 777. The van der Waals surface area contributed by atoms with Crippen LogP contribution in [-0.4, -0.2) is 36.4 Å².